The number of benzene rings is 2. The van der Waals surface area contributed by atoms with Crippen molar-refractivity contribution < 1.29 is 24.2 Å². The van der Waals surface area contributed by atoms with E-state index in [9.17, 15) is 14.7 Å². The highest BCUT2D eigenvalue weighted by atomic mass is 35.5. The molecule has 0 bridgehead atoms. The second-order valence-electron chi connectivity index (χ2n) is 6.30. The SMILES string of the molecule is C[C@@](O)(CNC(=O)C(=O)NCc1ccccc1Cl)c1ccc2c(c1)OCO2. The normalized spacial score (nSPS) is 14.3. The second kappa shape index (κ2) is 7.85. The molecule has 1 aliphatic rings. The van der Waals surface area contributed by atoms with Crippen molar-refractivity contribution in [3.8, 4) is 11.5 Å². The third-order valence-corrected chi connectivity index (χ3v) is 4.56. The molecule has 8 heteroatoms. The van der Waals surface area contributed by atoms with Crippen molar-refractivity contribution in [1.82, 2.24) is 10.6 Å². The predicted molar refractivity (Wildman–Crippen MR) is 98.4 cm³/mol. The number of nitrogens with one attached hydrogen (secondary N) is 2. The highest BCUT2D eigenvalue weighted by Gasteiger charge is 2.27. The van der Waals surface area contributed by atoms with Gasteiger partial charge >= 0.3 is 11.8 Å². The van der Waals surface area contributed by atoms with Gasteiger partial charge in [-0.1, -0.05) is 35.9 Å². The van der Waals surface area contributed by atoms with Crippen LogP contribution in [0.3, 0.4) is 0 Å². The first-order valence-corrected chi connectivity index (χ1v) is 8.66. The van der Waals surface area contributed by atoms with Gasteiger partial charge in [0, 0.05) is 11.6 Å². The van der Waals surface area contributed by atoms with E-state index in [1.54, 1.807) is 42.5 Å². The van der Waals surface area contributed by atoms with Crippen LogP contribution in [0.1, 0.15) is 18.1 Å². The molecular formula is C19H19ClN2O5. The lowest BCUT2D eigenvalue weighted by Crippen LogP contribution is -2.45. The Balaban J connectivity index is 1.54. The molecule has 0 spiro atoms. The summed E-state index contributed by atoms with van der Waals surface area (Å²) in [4.78, 5) is 24.0. The van der Waals surface area contributed by atoms with Gasteiger partial charge in [0.05, 0.1) is 6.54 Å². The first-order chi connectivity index (χ1) is 12.9. The predicted octanol–water partition coefficient (Wildman–Crippen LogP) is 1.71. The van der Waals surface area contributed by atoms with Crippen LogP contribution in [-0.4, -0.2) is 30.3 Å². The van der Waals surface area contributed by atoms with Gasteiger partial charge in [-0.05, 0) is 36.2 Å². The fourth-order valence-electron chi connectivity index (χ4n) is 2.56. The van der Waals surface area contributed by atoms with Crippen LogP contribution in [0.15, 0.2) is 42.5 Å². The van der Waals surface area contributed by atoms with Gasteiger partial charge in [0.2, 0.25) is 6.79 Å². The summed E-state index contributed by atoms with van der Waals surface area (Å²) in [6.45, 7) is 1.64. The van der Waals surface area contributed by atoms with Crippen LogP contribution >= 0.6 is 11.6 Å². The molecule has 27 heavy (non-hydrogen) atoms. The van der Waals surface area contributed by atoms with Gasteiger partial charge in [-0.25, -0.2) is 0 Å². The van der Waals surface area contributed by atoms with Crippen molar-refractivity contribution in [2.24, 2.45) is 0 Å². The van der Waals surface area contributed by atoms with Crippen molar-refractivity contribution >= 4 is 23.4 Å². The second-order valence-corrected chi connectivity index (χ2v) is 6.71. The van der Waals surface area contributed by atoms with Crippen LogP contribution in [0.4, 0.5) is 0 Å². The topological polar surface area (TPSA) is 96.9 Å². The zero-order valence-corrected chi connectivity index (χ0v) is 15.4. The van der Waals surface area contributed by atoms with Crippen molar-refractivity contribution in [3.05, 3.63) is 58.6 Å². The number of ether oxygens (including phenoxy) is 2. The summed E-state index contributed by atoms with van der Waals surface area (Å²) >= 11 is 6.01. The zero-order valence-electron chi connectivity index (χ0n) is 14.6. The van der Waals surface area contributed by atoms with Crippen LogP contribution in [-0.2, 0) is 21.7 Å². The molecule has 0 saturated heterocycles. The summed E-state index contributed by atoms with van der Waals surface area (Å²) in [7, 11) is 0. The minimum atomic E-state index is -1.39. The highest BCUT2D eigenvalue weighted by molar-refractivity contribution is 6.35. The number of carbonyl (C=O) groups is 2. The molecule has 0 aromatic heterocycles. The summed E-state index contributed by atoms with van der Waals surface area (Å²) in [5, 5.41) is 16.1. The maximum absolute atomic E-state index is 12.0. The van der Waals surface area contributed by atoms with Gasteiger partial charge in [-0.2, -0.15) is 0 Å². The smallest absolute Gasteiger partial charge is 0.309 e. The van der Waals surface area contributed by atoms with E-state index in [-0.39, 0.29) is 19.9 Å². The molecule has 0 unspecified atom stereocenters. The molecule has 7 nitrogen and oxygen atoms in total. The number of aliphatic hydroxyl groups is 1. The summed E-state index contributed by atoms with van der Waals surface area (Å²) in [6.07, 6.45) is 0. The first-order valence-electron chi connectivity index (χ1n) is 8.29. The van der Waals surface area contributed by atoms with Crippen molar-refractivity contribution in [2.75, 3.05) is 13.3 Å². The minimum Gasteiger partial charge on any atom is -0.454 e. The fourth-order valence-corrected chi connectivity index (χ4v) is 2.77. The Hall–Kier alpha value is -2.77. The first kappa shape index (κ1) is 19.0. The fraction of sp³-hybridized carbons (Fsp3) is 0.263. The van der Waals surface area contributed by atoms with Crippen LogP contribution in [0.25, 0.3) is 0 Å². The molecule has 1 aliphatic heterocycles. The summed E-state index contributed by atoms with van der Waals surface area (Å²) < 4.78 is 10.5. The molecule has 142 valence electrons. The van der Waals surface area contributed by atoms with Gasteiger partial charge in [0.25, 0.3) is 0 Å². The number of rotatable bonds is 5. The molecule has 0 fully saturated rings. The number of halogens is 1. The van der Waals surface area contributed by atoms with Crippen LogP contribution < -0.4 is 20.1 Å². The van der Waals surface area contributed by atoms with E-state index >= 15 is 0 Å². The Morgan fingerprint density at radius 3 is 2.59 bits per heavy atom. The number of amides is 2. The molecule has 3 N–H and O–H groups in total. The Morgan fingerprint density at radius 1 is 1.11 bits per heavy atom. The molecule has 1 atom stereocenters. The van der Waals surface area contributed by atoms with Gasteiger partial charge in [0.15, 0.2) is 11.5 Å². The largest absolute Gasteiger partial charge is 0.454 e. The Kier molecular flexibility index (Phi) is 5.53. The van der Waals surface area contributed by atoms with Crippen LogP contribution in [0, 0.1) is 0 Å². The van der Waals surface area contributed by atoms with Crippen molar-refractivity contribution in [2.45, 2.75) is 19.1 Å². The molecule has 2 aromatic rings. The van der Waals surface area contributed by atoms with Crippen LogP contribution in [0.2, 0.25) is 5.02 Å². The van der Waals surface area contributed by atoms with Gasteiger partial charge in [-0.3, -0.25) is 9.59 Å². The van der Waals surface area contributed by atoms with Crippen molar-refractivity contribution in [1.29, 1.82) is 0 Å². The number of hydrogen-bond acceptors (Lipinski definition) is 5. The molecule has 0 saturated carbocycles. The number of carbonyl (C=O) groups excluding carboxylic acids is 2. The molecule has 3 rings (SSSR count). The number of fused-ring (bicyclic) bond motifs is 1. The lowest BCUT2D eigenvalue weighted by atomic mass is 9.95. The van der Waals surface area contributed by atoms with E-state index in [1.807, 2.05) is 0 Å². The van der Waals surface area contributed by atoms with Gasteiger partial charge in [-0.15, -0.1) is 0 Å². The average molecular weight is 391 g/mol. The van der Waals surface area contributed by atoms with E-state index in [4.69, 9.17) is 21.1 Å². The van der Waals surface area contributed by atoms with E-state index in [2.05, 4.69) is 10.6 Å². The third-order valence-electron chi connectivity index (χ3n) is 4.19. The van der Waals surface area contributed by atoms with E-state index in [1.165, 1.54) is 6.92 Å². The Morgan fingerprint density at radius 2 is 1.81 bits per heavy atom. The zero-order chi connectivity index (χ0) is 19.4. The molecular weight excluding hydrogens is 372 g/mol. The van der Waals surface area contributed by atoms with E-state index < -0.39 is 17.4 Å². The molecule has 2 aromatic carbocycles. The van der Waals surface area contributed by atoms with Gasteiger partial charge < -0.3 is 25.2 Å². The van der Waals surface area contributed by atoms with Gasteiger partial charge in [0.1, 0.15) is 5.60 Å². The maximum atomic E-state index is 12.0. The summed E-state index contributed by atoms with van der Waals surface area (Å²) in [5.74, 6) is -0.534. The molecule has 1 heterocycles. The maximum Gasteiger partial charge on any atom is 0.309 e. The lowest BCUT2D eigenvalue weighted by molar-refractivity contribution is -0.139. The quantitative estimate of drug-likeness (QED) is 0.675. The third kappa shape index (κ3) is 4.50. The summed E-state index contributed by atoms with van der Waals surface area (Å²) in [6, 6.07) is 12.0. The van der Waals surface area contributed by atoms with E-state index in [0.29, 0.717) is 27.6 Å². The monoisotopic (exact) mass is 390 g/mol. The molecule has 0 radical (unpaired) electrons. The number of hydrogen-bond donors (Lipinski definition) is 3. The van der Waals surface area contributed by atoms with Crippen molar-refractivity contribution in [3.63, 3.8) is 0 Å². The molecule has 0 aliphatic carbocycles. The average Bonchev–Trinajstić information content (AvgIpc) is 3.13. The highest BCUT2D eigenvalue weighted by Crippen LogP contribution is 2.35. The standard InChI is InChI=1S/C19H19ClN2O5/c1-19(25,13-6-7-15-16(8-13)27-11-26-15)10-22-18(24)17(23)21-9-12-4-2-3-5-14(12)20/h2-8,25H,9-11H2,1H3,(H,21,23)(H,22,24)/t19-/m1/s1. The minimum absolute atomic E-state index is 0.128. The Bertz CT molecular complexity index is 869. The van der Waals surface area contributed by atoms with E-state index in [0.717, 1.165) is 0 Å². The Labute approximate surface area is 161 Å². The summed E-state index contributed by atoms with van der Waals surface area (Å²) in [5.41, 5.74) is -0.157. The molecule has 2 amide bonds. The van der Waals surface area contributed by atoms with Crippen LogP contribution in [0.5, 0.6) is 11.5 Å². The lowest BCUT2D eigenvalue weighted by Gasteiger charge is -2.24.